The van der Waals surface area contributed by atoms with E-state index < -0.39 is 11.8 Å². The first-order valence-corrected chi connectivity index (χ1v) is 6.73. The molecule has 7 heteroatoms. The molecule has 3 N–H and O–H groups in total. The number of carbonyl (C=O) groups excluding carboxylic acids is 2. The zero-order valence-corrected chi connectivity index (χ0v) is 12.1. The van der Waals surface area contributed by atoms with Crippen LogP contribution in [0.3, 0.4) is 0 Å². The molecule has 0 saturated carbocycles. The van der Waals surface area contributed by atoms with E-state index in [1.165, 1.54) is 17.8 Å². The van der Waals surface area contributed by atoms with Gasteiger partial charge in [-0.25, -0.2) is 10.9 Å². The van der Waals surface area contributed by atoms with Crippen molar-refractivity contribution in [1.29, 1.82) is 0 Å². The number of hydroxylamine groups is 1. The maximum Gasteiger partial charge on any atom is 0.281 e. The maximum absolute atomic E-state index is 12.0. The third kappa shape index (κ3) is 5.25. The summed E-state index contributed by atoms with van der Waals surface area (Å²) in [5.74, 6) is -0.769. The van der Waals surface area contributed by atoms with Gasteiger partial charge in [0.15, 0.2) is 6.61 Å². The Hall–Kier alpha value is -3.19. The molecule has 2 aromatic carbocycles. The van der Waals surface area contributed by atoms with Crippen LogP contribution < -0.4 is 15.6 Å². The third-order valence-corrected chi connectivity index (χ3v) is 2.77. The zero-order chi connectivity index (χ0) is 16.5. The van der Waals surface area contributed by atoms with Crippen LogP contribution in [0.2, 0.25) is 0 Å². The molecule has 0 spiro atoms. The minimum atomic E-state index is -0.688. The van der Waals surface area contributed by atoms with Crippen LogP contribution in [0.1, 0.15) is 15.9 Å². The van der Waals surface area contributed by atoms with Gasteiger partial charge >= 0.3 is 0 Å². The molecule has 7 nitrogen and oxygen atoms in total. The summed E-state index contributed by atoms with van der Waals surface area (Å²) in [6.45, 7) is -0.353. The first kappa shape index (κ1) is 16.2. The van der Waals surface area contributed by atoms with Crippen molar-refractivity contribution in [3.8, 4) is 5.75 Å². The Kier molecular flexibility index (Phi) is 5.84. The fourth-order valence-electron chi connectivity index (χ4n) is 1.68. The second-order valence-corrected chi connectivity index (χ2v) is 4.46. The SMILES string of the molecule is O=C(COc1cccc(C(=O)N/N=C/c2ccccc2)c1)NO. The molecular weight excluding hydrogens is 298 g/mol. The summed E-state index contributed by atoms with van der Waals surface area (Å²) in [6, 6.07) is 15.6. The predicted octanol–water partition coefficient (Wildman–Crippen LogP) is 1.33. The van der Waals surface area contributed by atoms with Crippen molar-refractivity contribution in [1.82, 2.24) is 10.9 Å². The van der Waals surface area contributed by atoms with Gasteiger partial charge in [-0.2, -0.15) is 5.10 Å². The van der Waals surface area contributed by atoms with Crippen LogP contribution in [-0.4, -0.2) is 29.8 Å². The minimum absolute atomic E-state index is 0.327. The van der Waals surface area contributed by atoms with Gasteiger partial charge in [0.2, 0.25) is 0 Å². The van der Waals surface area contributed by atoms with Crippen LogP contribution in [0.5, 0.6) is 5.75 Å². The fourth-order valence-corrected chi connectivity index (χ4v) is 1.68. The zero-order valence-electron chi connectivity index (χ0n) is 12.1. The number of amides is 2. The van der Waals surface area contributed by atoms with E-state index in [9.17, 15) is 9.59 Å². The average Bonchev–Trinajstić information content (AvgIpc) is 2.60. The second kappa shape index (κ2) is 8.30. The number of carbonyl (C=O) groups is 2. The number of hydrogen-bond donors (Lipinski definition) is 3. The molecule has 2 aromatic rings. The lowest BCUT2D eigenvalue weighted by atomic mass is 10.2. The Morgan fingerprint density at radius 3 is 2.65 bits per heavy atom. The van der Waals surface area contributed by atoms with Crippen molar-refractivity contribution in [3.63, 3.8) is 0 Å². The molecule has 0 bridgehead atoms. The Labute approximate surface area is 132 Å². The number of ether oxygens (including phenoxy) is 1. The molecule has 0 unspecified atom stereocenters. The summed E-state index contributed by atoms with van der Waals surface area (Å²) in [6.07, 6.45) is 1.53. The van der Waals surface area contributed by atoms with Crippen LogP contribution >= 0.6 is 0 Å². The summed E-state index contributed by atoms with van der Waals surface area (Å²) < 4.78 is 5.13. The Bertz CT molecular complexity index is 701. The number of rotatable bonds is 6. The van der Waals surface area contributed by atoms with E-state index in [0.717, 1.165) is 5.56 Å². The number of nitrogens with one attached hydrogen (secondary N) is 2. The van der Waals surface area contributed by atoms with Crippen molar-refractivity contribution >= 4 is 18.0 Å². The molecule has 0 aliphatic heterocycles. The average molecular weight is 313 g/mol. The van der Waals surface area contributed by atoms with Gasteiger partial charge in [0, 0.05) is 5.56 Å². The first-order valence-electron chi connectivity index (χ1n) is 6.73. The van der Waals surface area contributed by atoms with Crippen molar-refractivity contribution in [2.24, 2.45) is 5.10 Å². The topological polar surface area (TPSA) is 100 Å². The normalized spacial score (nSPS) is 10.3. The Balaban J connectivity index is 1.94. The van der Waals surface area contributed by atoms with Gasteiger partial charge in [0.1, 0.15) is 5.75 Å². The number of benzene rings is 2. The predicted molar refractivity (Wildman–Crippen MR) is 83.4 cm³/mol. The lowest BCUT2D eigenvalue weighted by Crippen LogP contribution is -2.25. The molecule has 23 heavy (non-hydrogen) atoms. The molecule has 0 aliphatic rings. The molecule has 0 aromatic heterocycles. The molecule has 0 atom stereocenters. The van der Waals surface area contributed by atoms with E-state index in [-0.39, 0.29) is 6.61 Å². The second-order valence-electron chi connectivity index (χ2n) is 4.46. The first-order chi connectivity index (χ1) is 11.2. The highest BCUT2D eigenvalue weighted by Gasteiger charge is 2.07. The van der Waals surface area contributed by atoms with E-state index >= 15 is 0 Å². The van der Waals surface area contributed by atoms with Crippen molar-refractivity contribution in [2.75, 3.05) is 6.61 Å². The third-order valence-electron chi connectivity index (χ3n) is 2.77. The molecule has 118 valence electrons. The molecule has 2 amide bonds. The van der Waals surface area contributed by atoms with Gasteiger partial charge in [-0.15, -0.1) is 0 Å². The quantitative estimate of drug-likeness (QED) is 0.425. The van der Waals surface area contributed by atoms with Crippen LogP contribution in [0, 0.1) is 0 Å². The van der Waals surface area contributed by atoms with E-state index in [1.54, 1.807) is 18.2 Å². The highest BCUT2D eigenvalue weighted by molar-refractivity contribution is 5.95. The van der Waals surface area contributed by atoms with E-state index in [4.69, 9.17) is 9.94 Å². The monoisotopic (exact) mass is 313 g/mol. The molecule has 2 rings (SSSR count). The highest BCUT2D eigenvalue weighted by Crippen LogP contribution is 2.13. The highest BCUT2D eigenvalue weighted by atomic mass is 16.5. The molecule has 0 heterocycles. The van der Waals surface area contributed by atoms with Crippen molar-refractivity contribution in [2.45, 2.75) is 0 Å². The van der Waals surface area contributed by atoms with Gasteiger partial charge in [0.05, 0.1) is 6.21 Å². The number of nitrogens with zero attached hydrogens (tertiary/aromatic N) is 1. The molecule has 0 aliphatic carbocycles. The van der Waals surface area contributed by atoms with Gasteiger partial charge in [-0.1, -0.05) is 36.4 Å². The van der Waals surface area contributed by atoms with Gasteiger partial charge in [-0.05, 0) is 23.8 Å². The number of hydrogen-bond acceptors (Lipinski definition) is 5. The standard InChI is InChI=1S/C16H15N3O4/c20-15(19-22)11-23-14-8-4-7-13(9-14)16(21)18-17-10-12-5-2-1-3-6-12/h1-10,22H,11H2,(H,18,21)(H,19,20)/b17-10+. The van der Waals surface area contributed by atoms with Gasteiger partial charge in [-0.3, -0.25) is 14.8 Å². The lowest BCUT2D eigenvalue weighted by molar-refractivity contribution is -0.131. The fraction of sp³-hybridized carbons (Fsp3) is 0.0625. The summed E-state index contributed by atoms with van der Waals surface area (Å²) in [5.41, 5.74) is 5.05. The maximum atomic E-state index is 12.0. The van der Waals surface area contributed by atoms with Gasteiger partial charge in [0.25, 0.3) is 11.8 Å². The summed E-state index contributed by atoms with van der Waals surface area (Å²) in [7, 11) is 0. The van der Waals surface area contributed by atoms with Gasteiger partial charge < -0.3 is 4.74 Å². The Morgan fingerprint density at radius 1 is 1.13 bits per heavy atom. The van der Waals surface area contributed by atoms with Crippen LogP contribution in [0.15, 0.2) is 59.7 Å². The number of hydrazone groups is 1. The van der Waals surface area contributed by atoms with Crippen LogP contribution in [0.25, 0.3) is 0 Å². The van der Waals surface area contributed by atoms with Crippen molar-refractivity contribution in [3.05, 3.63) is 65.7 Å². The van der Waals surface area contributed by atoms with Crippen molar-refractivity contribution < 1.29 is 19.5 Å². The molecule has 0 saturated heterocycles. The minimum Gasteiger partial charge on any atom is -0.484 e. The van der Waals surface area contributed by atoms with E-state index in [0.29, 0.717) is 11.3 Å². The molecule has 0 fully saturated rings. The van der Waals surface area contributed by atoms with E-state index in [1.807, 2.05) is 30.3 Å². The van der Waals surface area contributed by atoms with Crippen LogP contribution in [0.4, 0.5) is 0 Å². The van der Waals surface area contributed by atoms with E-state index in [2.05, 4.69) is 10.5 Å². The lowest BCUT2D eigenvalue weighted by Gasteiger charge is -2.06. The molecular formula is C16H15N3O4. The largest absolute Gasteiger partial charge is 0.484 e. The smallest absolute Gasteiger partial charge is 0.281 e. The summed E-state index contributed by atoms with van der Waals surface area (Å²) in [4.78, 5) is 22.9. The Morgan fingerprint density at radius 2 is 1.91 bits per heavy atom. The summed E-state index contributed by atoms with van der Waals surface area (Å²) in [5, 5.41) is 12.3. The molecule has 0 radical (unpaired) electrons. The summed E-state index contributed by atoms with van der Waals surface area (Å²) >= 11 is 0. The van der Waals surface area contributed by atoms with Crippen LogP contribution in [-0.2, 0) is 4.79 Å².